The summed E-state index contributed by atoms with van der Waals surface area (Å²) in [5.74, 6) is 0.768. The first-order valence-electron chi connectivity index (χ1n) is 7.13. The smallest absolute Gasteiger partial charge is 0.175 e. The van der Waals surface area contributed by atoms with E-state index in [1.165, 1.54) is 19.1 Å². The largest absolute Gasteiger partial charge is 0.378 e. The predicted molar refractivity (Wildman–Crippen MR) is 82.6 cm³/mol. The molecule has 1 aromatic carbocycles. The predicted octanol–water partition coefficient (Wildman–Crippen LogP) is 2.41. The summed E-state index contributed by atoms with van der Waals surface area (Å²) in [4.78, 5) is 0.349. The van der Waals surface area contributed by atoms with Gasteiger partial charge in [-0.05, 0) is 55.9 Å². The minimum absolute atomic E-state index is 0.0425. The van der Waals surface area contributed by atoms with E-state index >= 15 is 0 Å². The molecule has 0 amide bonds. The van der Waals surface area contributed by atoms with E-state index in [1.54, 1.807) is 12.1 Å². The van der Waals surface area contributed by atoms with Crippen LogP contribution in [0.15, 0.2) is 29.2 Å². The van der Waals surface area contributed by atoms with Crippen LogP contribution in [-0.4, -0.2) is 26.8 Å². The van der Waals surface area contributed by atoms with Gasteiger partial charge in [-0.15, -0.1) is 0 Å². The van der Waals surface area contributed by atoms with Gasteiger partial charge in [0.2, 0.25) is 0 Å². The first kappa shape index (κ1) is 15.3. The molecule has 1 aromatic rings. The molecule has 0 heterocycles. The zero-order valence-electron chi connectivity index (χ0n) is 12.2. The third kappa shape index (κ3) is 3.52. The molecule has 2 rings (SSSR count). The second kappa shape index (κ2) is 5.74. The maximum absolute atomic E-state index is 11.4. The summed E-state index contributed by atoms with van der Waals surface area (Å²) in [5.41, 5.74) is 6.87. The molecule has 0 saturated heterocycles. The van der Waals surface area contributed by atoms with Gasteiger partial charge in [0.15, 0.2) is 9.84 Å². The molecule has 1 aliphatic rings. The molecule has 4 nitrogen and oxygen atoms in total. The lowest BCUT2D eigenvalue weighted by Crippen LogP contribution is -2.48. The fourth-order valence-electron chi connectivity index (χ4n) is 2.79. The minimum atomic E-state index is -3.13. The SMILES string of the molecule is CC1CCC(CN)(Nc2ccc(S(C)(=O)=O)cc2)CC1. The van der Waals surface area contributed by atoms with Gasteiger partial charge < -0.3 is 11.1 Å². The van der Waals surface area contributed by atoms with Crippen LogP contribution in [0.25, 0.3) is 0 Å². The highest BCUT2D eigenvalue weighted by Crippen LogP contribution is 2.34. The van der Waals surface area contributed by atoms with Crippen LogP contribution in [0.2, 0.25) is 0 Å². The maximum Gasteiger partial charge on any atom is 0.175 e. The summed E-state index contributed by atoms with van der Waals surface area (Å²) < 4.78 is 22.9. The monoisotopic (exact) mass is 296 g/mol. The average molecular weight is 296 g/mol. The highest BCUT2D eigenvalue weighted by atomic mass is 32.2. The number of anilines is 1. The molecule has 0 bridgehead atoms. The van der Waals surface area contributed by atoms with Gasteiger partial charge in [0, 0.05) is 24.0 Å². The third-order valence-corrected chi connectivity index (χ3v) is 5.44. The lowest BCUT2D eigenvalue weighted by atomic mass is 9.77. The van der Waals surface area contributed by atoms with Gasteiger partial charge in [-0.25, -0.2) is 8.42 Å². The molecule has 0 aromatic heterocycles. The molecule has 0 atom stereocenters. The second-order valence-electron chi connectivity index (χ2n) is 6.09. The van der Waals surface area contributed by atoms with E-state index in [0.29, 0.717) is 11.4 Å². The molecule has 1 fully saturated rings. The van der Waals surface area contributed by atoms with Crippen molar-refractivity contribution in [3.8, 4) is 0 Å². The number of nitrogens with one attached hydrogen (secondary N) is 1. The Morgan fingerprint density at radius 1 is 1.25 bits per heavy atom. The van der Waals surface area contributed by atoms with Gasteiger partial charge in [0.05, 0.1) is 4.90 Å². The molecule has 0 spiro atoms. The highest BCUT2D eigenvalue weighted by Gasteiger charge is 2.32. The lowest BCUT2D eigenvalue weighted by Gasteiger charge is -2.40. The van der Waals surface area contributed by atoms with Gasteiger partial charge in [-0.3, -0.25) is 0 Å². The van der Waals surface area contributed by atoms with E-state index in [-0.39, 0.29) is 5.54 Å². The Bertz CT molecular complexity index is 544. The summed E-state index contributed by atoms with van der Waals surface area (Å²) >= 11 is 0. The molecule has 20 heavy (non-hydrogen) atoms. The number of rotatable bonds is 4. The van der Waals surface area contributed by atoms with Crippen LogP contribution in [0.1, 0.15) is 32.6 Å². The lowest BCUT2D eigenvalue weighted by molar-refractivity contribution is 0.272. The van der Waals surface area contributed by atoms with Crippen LogP contribution in [0, 0.1) is 5.92 Å². The van der Waals surface area contributed by atoms with E-state index in [9.17, 15) is 8.42 Å². The Labute approximate surface area is 121 Å². The zero-order valence-corrected chi connectivity index (χ0v) is 13.0. The van der Waals surface area contributed by atoms with E-state index in [0.717, 1.165) is 24.4 Å². The molecule has 0 aliphatic heterocycles. The van der Waals surface area contributed by atoms with Crippen LogP contribution in [0.4, 0.5) is 5.69 Å². The summed E-state index contributed by atoms with van der Waals surface area (Å²) in [6, 6.07) is 6.94. The summed E-state index contributed by atoms with van der Waals surface area (Å²) in [5, 5.41) is 3.52. The highest BCUT2D eigenvalue weighted by molar-refractivity contribution is 7.90. The fraction of sp³-hybridized carbons (Fsp3) is 0.600. The number of nitrogens with two attached hydrogens (primary N) is 1. The van der Waals surface area contributed by atoms with E-state index in [2.05, 4.69) is 12.2 Å². The number of sulfone groups is 1. The topological polar surface area (TPSA) is 72.2 Å². The summed E-state index contributed by atoms with van der Waals surface area (Å²) in [6.07, 6.45) is 5.73. The first-order valence-corrected chi connectivity index (χ1v) is 9.02. The fourth-order valence-corrected chi connectivity index (χ4v) is 3.42. The van der Waals surface area contributed by atoms with Gasteiger partial charge in [-0.1, -0.05) is 6.92 Å². The van der Waals surface area contributed by atoms with Crippen molar-refractivity contribution in [3.63, 3.8) is 0 Å². The molecule has 0 radical (unpaired) electrons. The molecule has 3 N–H and O–H groups in total. The average Bonchev–Trinajstić information content (AvgIpc) is 2.41. The minimum Gasteiger partial charge on any atom is -0.378 e. The van der Waals surface area contributed by atoms with Crippen LogP contribution in [0.5, 0.6) is 0 Å². The normalized spacial score (nSPS) is 27.2. The van der Waals surface area contributed by atoms with Crippen molar-refractivity contribution in [2.24, 2.45) is 11.7 Å². The maximum atomic E-state index is 11.4. The van der Waals surface area contributed by atoms with Gasteiger partial charge in [0.1, 0.15) is 0 Å². The van der Waals surface area contributed by atoms with Crippen molar-refractivity contribution in [1.82, 2.24) is 0 Å². The molecule has 1 saturated carbocycles. The van der Waals surface area contributed by atoms with Crippen LogP contribution in [-0.2, 0) is 9.84 Å². The Balaban J connectivity index is 2.12. The van der Waals surface area contributed by atoms with Gasteiger partial charge in [-0.2, -0.15) is 0 Å². The Kier molecular flexibility index (Phi) is 4.39. The van der Waals surface area contributed by atoms with E-state index in [1.807, 2.05) is 12.1 Å². The van der Waals surface area contributed by atoms with Crippen molar-refractivity contribution in [2.75, 3.05) is 18.1 Å². The Morgan fingerprint density at radius 2 is 1.80 bits per heavy atom. The van der Waals surface area contributed by atoms with E-state index in [4.69, 9.17) is 5.73 Å². The quantitative estimate of drug-likeness (QED) is 0.895. The van der Waals surface area contributed by atoms with Crippen molar-refractivity contribution in [3.05, 3.63) is 24.3 Å². The molecular formula is C15H24N2O2S. The third-order valence-electron chi connectivity index (χ3n) is 4.31. The van der Waals surface area contributed by atoms with Crippen molar-refractivity contribution in [2.45, 2.75) is 43.0 Å². The van der Waals surface area contributed by atoms with Crippen LogP contribution in [0.3, 0.4) is 0 Å². The number of hydrogen-bond donors (Lipinski definition) is 2. The van der Waals surface area contributed by atoms with Crippen molar-refractivity contribution < 1.29 is 8.42 Å². The zero-order chi connectivity index (χ0) is 14.8. The van der Waals surface area contributed by atoms with Crippen LogP contribution < -0.4 is 11.1 Å². The summed E-state index contributed by atoms with van der Waals surface area (Å²) in [7, 11) is -3.13. The van der Waals surface area contributed by atoms with Crippen molar-refractivity contribution in [1.29, 1.82) is 0 Å². The molecule has 0 unspecified atom stereocenters. The number of hydrogen-bond acceptors (Lipinski definition) is 4. The first-order chi connectivity index (χ1) is 9.35. The molecule has 5 heteroatoms. The molecule has 112 valence electrons. The Morgan fingerprint density at radius 3 is 2.25 bits per heavy atom. The molecular weight excluding hydrogens is 272 g/mol. The number of benzene rings is 1. The van der Waals surface area contributed by atoms with Gasteiger partial charge in [0.25, 0.3) is 0 Å². The summed E-state index contributed by atoms with van der Waals surface area (Å²) in [6.45, 7) is 2.88. The van der Waals surface area contributed by atoms with E-state index < -0.39 is 9.84 Å². The van der Waals surface area contributed by atoms with Crippen LogP contribution >= 0.6 is 0 Å². The Hall–Kier alpha value is -1.07. The van der Waals surface area contributed by atoms with Crippen molar-refractivity contribution >= 4 is 15.5 Å². The molecule has 1 aliphatic carbocycles. The standard InChI is InChI=1S/C15H24N2O2S/c1-12-7-9-15(11-16,10-8-12)17-13-3-5-14(6-4-13)20(2,18)19/h3-6,12,17H,7-11,16H2,1-2H3. The van der Waals surface area contributed by atoms with Gasteiger partial charge >= 0.3 is 0 Å². The second-order valence-corrected chi connectivity index (χ2v) is 8.10.